The number of nitrogens with zero attached hydrogens (tertiary/aromatic N) is 2. The molecule has 0 saturated heterocycles. The number of halogens is 1. The summed E-state index contributed by atoms with van der Waals surface area (Å²) in [7, 11) is 1.74. The fourth-order valence-electron chi connectivity index (χ4n) is 1.55. The van der Waals surface area contributed by atoms with Gasteiger partial charge in [-0.05, 0) is 28.1 Å². The van der Waals surface area contributed by atoms with Crippen molar-refractivity contribution < 1.29 is 9.53 Å². The first kappa shape index (κ1) is 12.6. The molecule has 2 rings (SSSR count). The average Bonchev–Trinajstić information content (AvgIpc) is 2.66. The van der Waals surface area contributed by atoms with Crippen LogP contribution in [-0.4, -0.2) is 15.5 Å². The van der Waals surface area contributed by atoms with E-state index in [1.165, 1.54) is 0 Å². The molecule has 0 atom stereocenters. The van der Waals surface area contributed by atoms with E-state index in [-0.39, 0.29) is 6.61 Å². The largest absolute Gasteiger partial charge is 0.456 e. The molecule has 6 heteroatoms. The van der Waals surface area contributed by atoms with E-state index in [2.05, 4.69) is 20.9 Å². The minimum Gasteiger partial charge on any atom is -0.456 e. The molecule has 18 heavy (non-hydrogen) atoms. The summed E-state index contributed by atoms with van der Waals surface area (Å²) in [5, 5.41) is 0. The molecular formula is C12H12BrN3O2. The van der Waals surface area contributed by atoms with Crippen LogP contribution >= 0.6 is 15.9 Å². The lowest BCUT2D eigenvalue weighted by molar-refractivity contribution is 0.0461. The third-order valence-corrected chi connectivity index (χ3v) is 2.80. The SMILES string of the molecule is Cn1cc(N)cc1C(=O)OCc1cncc(Br)c1. The zero-order valence-corrected chi connectivity index (χ0v) is 11.3. The first-order valence-electron chi connectivity index (χ1n) is 5.24. The summed E-state index contributed by atoms with van der Waals surface area (Å²) in [6.45, 7) is 0.177. The maximum absolute atomic E-state index is 11.8. The maximum atomic E-state index is 11.8. The van der Waals surface area contributed by atoms with Crippen molar-refractivity contribution in [2.24, 2.45) is 7.05 Å². The number of nitrogens with two attached hydrogens (primary N) is 1. The van der Waals surface area contributed by atoms with E-state index in [0.29, 0.717) is 11.4 Å². The Hall–Kier alpha value is -1.82. The highest BCUT2D eigenvalue weighted by molar-refractivity contribution is 9.10. The molecule has 2 N–H and O–H groups in total. The zero-order valence-electron chi connectivity index (χ0n) is 9.76. The Balaban J connectivity index is 2.03. The lowest BCUT2D eigenvalue weighted by Gasteiger charge is -2.05. The Morgan fingerprint density at radius 1 is 1.50 bits per heavy atom. The maximum Gasteiger partial charge on any atom is 0.355 e. The highest BCUT2D eigenvalue weighted by atomic mass is 79.9. The van der Waals surface area contributed by atoms with Crippen molar-refractivity contribution in [1.29, 1.82) is 0 Å². The number of carbonyl (C=O) groups is 1. The van der Waals surface area contributed by atoms with Crippen LogP contribution in [-0.2, 0) is 18.4 Å². The van der Waals surface area contributed by atoms with Crippen LogP contribution in [0.1, 0.15) is 16.1 Å². The molecule has 0 aliphatic heterocycles. The van der Waals surface area contributed by atoms with Gasteiger partial charge in [-0.1, -0.05) is 0 Å². The number of hydrogen-bond donors (Lipinski definition) is 1. The zero-order chi connectivity index (χ0) is 13.1. The Labute approximate surface area is 113 Å². The summed E-state index contributed by atoms with van der Waals surface area (Å²) in [6.07, 6.45) is 4.98. The van der Waals surface area contributed by atoms with Crippen molar-refractivity contribution in [2.45, 2.75) is 6.61 Å². The molecule has 0 amide bonds. The number of nitrogen functional groups attached to an aromatic ring is 1. The quantitative estimate of drug-likeness (QED) is 0.882. The Kier molecular flexibility index (Phi) is 3.66. The second kappa shape index (κ2) is 5.22. The lowest BCUT2D eigenvalue weighted by atomic mass is 10.3. The van der Waals surface area contributed by atoms with Gasteiger partial charge in [-0.2, -0.15) is 0 Å². The molecule has 0 aromatic carbocycles. The first-order chi connectivity index (χ1) is 8.56. The number of esters is 1. The molecule has 0 saturated carbocycles. The number of pyridine rings is 1. The number of aryl methyl sites for hydroxylation is 1. The van der Waals surface area contributed by atoms with Gasteiger partial charge < -0.3 is 15.0 Å². The summed E-state index contributed by atoms with van der Waals surface area (Å²) in [4.78, 5) is 15.8. The molecule has 0 spiro atoms. The number of carbonyl (C=O) groups excluding carboxylic acids is 1. The molecule has 2 heterocycles. The molecule has 2 aromatic rings. The Bertz CT molecular complexity index is 580. The average molecular weight is 310 g/mol. The number of hydrogen-bond acceptors (Lipinski definition) is 4. The summed E-state index contributed by atoms with van der Waals surface area (Å²) in [6, 6.07) is 3.43. The van der Waals surface area contributed by atoms with Gasteiger partial charge in [-0.15, -0.1) is 0 Å². The van der Waals surface area contributed by atoms with Gasteiger partial charge in [0.25, 0.3) is 0 Å². The second-order valence-electron chi connectivity index (χ2n) is 3.86. The summed E-state index contributed by atoms with van der Waals surface area (Å²) >= 11 is 3.31. The fraction of sp³-hybridized carbons (Fsp3) is 0.167. The normalized spacial score (nSPS) is 10.3. The van der Waals surface area contributed by atoms with Crippen molar-refractivity contribution in [3.05, 3.63) is 46.5 Å². The first-order valence-corrected chi connectivity index (χ1v) is 6.04. The van der Waals surface area contributed by atoms with Crippen LogP contribution in [0.5, 0.6) is 0 Å². The van der Waals surface area contributed by atoms with Crippen LogP contribution in [0, 0.1) is 0 Å². The monoisotopic (exact) mass is 309 g/mol. The third-order valence-electron chi connectivity index (χ3n) is 2.37. The van der Waals surface area contributed by atoms with Crippen molar-refractivity contribution in [3.63, 3.8) is 0 Å². The van der Waals surface area contributed by atoms with Crippen LogP contribution in [0.2, 0.25) is 0 Å². The van der Waals surface area contributed by atoms with Crippen molar-refractivity contribution in [3.8, 4) is 0 Å². The van der Waals surface area contributed by atoms with E-state index in [9.17, 15) is 4.79 Å². The van der Waals surface area contributed by atoms with Crippen LogP contribution in [0.3, 0.4) is 0 Å². The van der Waals surface area contributed by atoms with Gasteiger partial charge in [-0.3, -0.25) is 4.98 Å². The van der Waals surface area contributed by atoms with Gasteiger partial charge in [0.15, 0.2) is 0 Å². The van der Waals surface area contributed by atoms with Gasteiger partial charge >= 0.3 is 5.97 Å². The van der Waals surface area contributed by atoms with E-state index < -0.39 is 5.97 Å². The van der Waals surface area contributed by atoms with Crippen LogP contribution < -0.4 is 5.73 Å². The molecule has 94 valence electrons. The van der Waals surface area contributed by atoms with Crippen LogP contribution in [0.25, 0.3) is 0 Å². The van der Waals surface area contributed by atoms with Gasteiger partial charge in [0, 0.05) is 35.7 Å². The molecule has 0 fully saturated rings. The summed E-state index contributed by atoms with van der Waals surface area (Å²) in [5.41, 5.74) is 7.38. The molecule has 0 radical (unpaired) electrons. The van der Waals surface area contributed by atoms with Crippen LogP contribution in [0.15, 0.2) is 35.2 Å². The predicted octanol–water partition coefficient (Wildman–Crippen LogP) is 2.12. The molecule has 5 nitrogen and oxygen atoms in total. The van der Waals surface area contributed by atoms with Gasteiger partial charge in [-0.25, -0.2) is 4.79 Å². The summed E-state index contributed by atoms with van der Waals surface area (Å²) < 4.78 is 7.67. The number of rotatable bonds is 3. The molecule has 0 unspecified atom stereocenters. The smallest absolute Gasteiger partial charge is 0.355 e. The van der Waals surface area contributed by atoms with Crippen molar-refractivity contribution in [1.82, 2.24) is 9.55 Å². The Morgan fingerprint density at radius 2 is 2.28 bits per heavy atom. The summed E-state index contributed by atoms with van der Waals surface area (Å²) in [5.74, 6) is -0.408. The number of ether oxygens (including phenoxy) is 1. The van der Waals surface area contributed by atoms with Gasteiger partial charge in [0.1, 0.15) is 12.3 Å². The number of anilines is 1. The van der Waals surface area contributed by atoms with Crippen molar-refractivity contribution in [2.75, 3.05) is 5.73 Å². The van der Waals surface area contributed by atoms with E-state index in [4.69, 9.17) is 10.5 Å². The fourth-order valence-corrected chi connectivity index (χ4v) is 1.96. The molecular weight excluding hydrogens is 298 g/mol. The number of aromatic nitrogens is 2. The standard InChI is InChI=1S/C12H12BrN3O2/c1-16-6-10(14)3-11(16)12(17)18-7-8-2-9(13)5-15-4-8/h2-6H,7,14H2,1H3. The third kappa shape index (κ3) is 2.89. The second-order valence-corrected chi connectivity index (χ2v) is 4.77. The van der Waals surface area contributed by atoms with E-state index in [1.807, 2.05) is 6.07 Å². The van der Waals surface area contributed by atoms with Crippen LogP contribution in [0.4, 0.5) is 5.69 Å². The highest BCUT2D eigenvalue weighted by Gasteiger charge is 2.12. The van der Waals surface area contributed by atoms with Crippen molar-refractivity contribution >= 4 is 27.6 Å². The van der Waals surface area contributed by atoms with E-state index in [1.54, 1.807) is 36.3 Å². The van der Waals surface area contributed by atoms with E-state index in [0.717, 1.165) is 10.0 Å². The molecule has 0 aliphatic carbocycles. The van der Waals surface area contributed by atoms with Gasteiger partial charge in [0.05, 0.1) is 5.69 Å². The van der Waals surface area contributed by atoms with Gasteiger partial charge in [0.2, 0.25) is 0 Å². The Morgan fingerprint density at radius 3 is 2.89 bits per heavy atom. The minimum absolute atomic E-state index is 0.177. The molecule has 0 bridgehead atoms. The highest BCUT2D eigenvalue weighted by Crippen LogP contribution is 2.13. The topological polar surface area (TPSA) is 70.1 Å². The lowest BCUT2D eigenvalue weighted by Crippen LogP contribution is -2.09. The molecule has 0 aliphatic rings. The molecule has 2 aromatic heterocycles. The van der Waals surface area contributed by atoms with E-state index >= 15 is 0 Å². The minimum atomic E-state index is -0.408. The predicted molar refractivity (Wildman–Crippen MR) is 70.9 cm³/mol.